The second-order valence-corrected chi connectivity index (χ2v) is 15.5. The first-order valence-corrected chi connectivity index (χ1v) is 20.6. The highest BCUT2D eigenvalue weighted by atomic mass is 16.3. The largest absolute Gasteiger partial charge is 0.455 e. The Morgan fingerprint density at radius 2 is 0.770 bits per heavy atom. The molecule has 0 saturated heterocycles. The van der Waals surface area contributed by atoms with Gasteiger partial charge in [-0.2, -0.15) is 0 Å². The third-order valence-electron chi connectivity index (χ3n) is 11.9. The van der Waals surface area contributed by atoms with Crippen molar-refractivity contribution in [3.63, 3.8) is 0 Å². The van der Waals surface area contributed by atoms with Gasteiger partial charge in [-0.05, 0) is 96.0 Å². The summed E-state index contributed by atoms with van der Waals surface area (Å²) in [6.45, 7) is 0. The van der Waals surface area contributed by atoms with E-state index in [9.17, 15) is 0 Å². The summed E-state index contributed by atoms with van der Waals surface area (Å²) in [5, 5.41) is 9.13. The zero-order valence-electron chi connectivity index (χ0n) is 33.0. The monoisotopic (exact) mass is 777 g/mol. The molecule has 0 aliphatic rings. The molecule has 4 nitrogen and oxygen atoms in total. The third kappa shape index (κ3) is 6.04. The molecule has 4 heteroatoms. The van der Waals surface area contributed by atoms with Crippen LogP contribution in [-0.2, 0) is 0 Å². The molecular formula is C57H35N3O. The Kier molecular flexibility index (Phi) is 8.13. The highest BCUT2D eigenvalue weighted by Crippen LogP contribution is 2.40. The summed E-state index contributed by atoms with van der Waals surface area (Å²) in [5.74, 6) is 1.74. The van der Waals surface area contributed by atoms with Crippen LogP contribution in [0.5, 0.6) is 0 Å². The minimum atomic E-state index is 0.555. The maximum absolute atomic E-state index is 6.53. The van der Waals surface area contributed by atoms with Gasteiger partial charge in [-0.3, -0.25) is 0 Å². The molecule has 2 aromatic heterocycles. The van der Waals surface area contributed by atoms with Crippen molar-refractivity contribution in [3.05, 3.63) is 212 Å². The average Bonchev–Trinajstić information content (AvgIpc) is 3.72. The summed E-state index contributed by atoms with van der Waals surface area (Å²) < 4.78 is 6.53. The van der Waals surface area contributed by atoms with Crippen molar-refractivity contribution in [1.82, 2.24) is 15.0 Å². The van der Waals surface area contributed by atoms with Crippen molar-refractivity contribution in [3.8, 4) is 67.5 Å². The molecule has 0 radical (unpaired) electrons. The third-order valence-corrected chi connectivity index (χ3v) is 11.9. The maximum atomic E-state index is 6.53. The fourth-order valence-electron chi connectivity index (χ4n) is 8.91. The Morgan fingerprint density at radius 1 is 0.262 bits per heavy atom. The second-order valence-electron chi connectivity index (χ2n) is 15.5. The smallest absolute Gasteiger partial charge is 0.167 e. The van der Waals surface area contributed by atoms with Crippen molar-refractivity contribution in [2.75, 3.05) is 0 Å². The first kappa shape index (κ1) is 34.8. The highest BCUT2D eigenvalue weighted by molar-refractivity contribution is 6.10. The number of hydrogen-bond acceptors (Lipinski definition) is 4. The standard InChI is InChI=1S/C57H35N3O/c1-2-12-36(13-3-1)41-30-26-38-27-31-42(35-43(38)34-41)37-24-28-40(29-25-37)55-58-56(60-57(59-55)52-22-11-21-50-49-19-8-9-23-53(49)61-54(50)52)51-33-32-48(46-17-6-7-18-47(46)51)45-20-10-15-39-14-4-5-16-44(39)45/h1-35H. The van der Waals surface area contributed by atoms with Gasteiger partial charge in [-0.1, -0.05) is 182 Å². The zero-order valence-corrected chi connectivity index (χ0v) is 33.0. The van der Waals surface area contributed by atoms with Crippen molar-refractivity contribution >= 4 is 54.3 Å². The number of fused-ring (bicyclic) bond motifs is 6. The lowest BCUT2D eigenvalue weighted by Gasteiger charge is -2.14. The average molecular weight is 778 g/mol. The first-order chi connectivity index (χ1) is 30.2. The highest BCUT2D eigenvalue weighted by Gasteiger charge is 2.20. The van der Waals surface area contributed by atoms with E-state index in [1.165, 1.54) is 43.8 Å². The molecule has 0 fully saturated rings. The fraction of sp³-hybridized carbons (Fsp3) is 0. The topological polar surface area (TPSA) is 51.8 Å². The van der Waals surface area contributed by atoms with Crippen molar-refractivity contribution in [2.24, 2.45) is 0 Å². The molecule has 0 spiro atoms. The van der Waals surface area contributed by atoms with E-state index in [1.807, 2.05) is 24.3 Å². The molecule has 10 aromatic carbocycles. The van der Waals surface area contributed by atoms with Crippen LogP contribution in [0.4, 0.5) is 0 Å². The van der Waals surface area contributed by atoms with Crippen LogP contribution in [0.25, 0.3) is 122 Å². The normalized spacial score (nSPS) is 11.6. The summed E-state index contributed by atoms with van der Waals surface area (Å²) >= 11 is 0. The quantitative estimate of drug-likeness (QED) is 0.169. The molecule has 284 valence electrons. The molecule has 12 rings (SSSR count). The molecule has 0 bridgehead atoms. The molecule has 2 heterocycles. The van der Waals surface area contributed by atoms with Crippen LogP contribution in [0, 0.1) is 0 Å². The Labute approximate surface area is 352 Å². The lowest BCUT2D eigenvalue weighted by atomic mass is 9.92. The fourth-order valence-corrected chi connectivity index (χ4v) is 8.91. The van der Waals surface area contributed by atoms with Crippen molar-refractivity contribution in [1.29, 1.82) is 0 Å². The first-order valence-electron chi connectivity index (χ1n) is 20.6. The van der Waals surface area contributed by atoms with E-state index < -0.39 is 0 Å². The number of aromatic nitrogens is 3. The summed E-state index contributed by atoms with van der Waals surface area (Å²) in [5.41, 5.74) is 11.3. The van der Waals surface area contributed by atoms with Gasteiger partial charge in [-0.15, -0.1) is 0 Å². The van der Waals surface area contributed by atoms with E-state index in [1.54, 1.807) is 0 Å². The Balaban J connectivity index is 1.01. The molecule has 0 saturated carbocycles. The van der Waals surface area contributed by atoms with Crippen LogP contribution in [-0.4, -0.2) is 15.0 Å². The molecule has 0 amide bonds. The molecule has 61 heavy (non-hydrogen) atoms. The van der Waals surface area contributed by atoms with Gasteiger partial charge in [0.05, 0.1) is 5.56 Å². The molecule has 0 unspecified atom stereocenters. The van der Waals surface area contributed by atoms with Crippen molar-refractivity contribution < 1.29 is 4.42 Å². The number of nitrogens with zero attached hydrogens (tertiary/aromatic N) is 3. The van der Waals surface area contributed by atoms with Gasteiger partial charge >= 0.3 is 0 Å². The predicted octanol–water partition coefficient (Wildman–Crippen LogP) is 15.2. The van der Waals surface area contributed by atoms with Gasteiger partial charge < -0.3 is 4.42 Å². The molecule has 12 aromatic rings. The van der Waals surface area contributed by atoms with Crippen LogP contribution < -0.4 is 0 Å². The van der Waals surface area contributed by atoms with Crippen LogP contribution in [0.3, 0.4) is 0 Å². The van der Waals surface area contributed by atoms with E-state index in [0.717, 1.165) is 60.5 Å². The molecule has 0 N–H and O–H groups in total. The van der Waals surface area contributed by atoms with E-state index in [2.05, 4.69) is 188 Å². The van der Waals surface area contributed by atoms with E-state index in [-0.39, 0.29) is 0 Å². The van der Waals surface area contributed by atoms with Gasteiger partial charge in [0.25, 0.3) is 0 Å². The van der Waals surface area contributed by atoms with Gasteiger partial charge in [-0.25, -0.2) is 15.0 Å². The lowest BCUT2D eigenvalue weighted by Crippen LogP contribution is -2.01. The maximum Gasteiger partial charge on any atom is 0.167 e. The van der Waals surface area contributed by atoms with Gasteiger partial charge in [0.1, 0.15) is 11.2 Å². The minimum Gasteiger partial charge on any atom is -0.455 e. The number of benzene rings is 10. The number of hydrogen-bond donors (Lipinski definition) is 0. The van der Waals surface area contributed by atoms with Crippen LogP contribution in [0.15, 0.2) is 217 Å². The van der Waals surface area contributed by atoms with Gasteiger partial charge in [0.15, 0.2) is 17.5 Å². The molecule has 0 atom stereocenters. The summed E-state index contributed by atoms with van der Waals surface area (Å²) in [4.78, 5) is 15.7. The van der Waals surface area contributed by atoms with Crippen LogP contribution >= 0.6 is 0 Å². The number of para-hydroxylation sites is 2. The minimum absolute atomic E-state index is 0.555. The van der Waals surface area contributed by atoms with E-state index >= 15 is 0 Å². The lowest BCUT2D eigenvalue weighted by molar-refractivity contribution is 0.669. The second kappa shape index (κ2) is 14.3. The van der Waals surface area contributed by atoms with Gasteiger partial charge in [0.2, 0.25) is 0 Å². The van der Waals surface area contributed by atoms with Gasteiger partial charge in [0, 0.05) is 21.9 Å². The van der Waals surface area contributed by atoms with E-state index in [0.29, 0.717) is 17.5 Å². The Bertz CT molecular complexity index is 3640. The van der Waals surface area contributed by atoms with Crippen LogP contribution in [0.1, 0.15) is 0 Å². The predicted molar refractivity (Wildman–Crippen MR) is 252 cm³/mol. The summed E-state index contributed by atoms with van der Waals surface area (Å²) in [6.07, 6.45) is 0. The Hall–Kier alpha value is -8.21. The Morgan fingerprint density at radius 3 is 1.56 bits per heavy atom. The van der Waals surface area contributed by atoms with E-state index in [4.69, 9.17) is 19.4 Å². The summed E-state index contributed by atoms with van der Waals surface area (Å²) in [7, 11) is 0. The molecular weight excluding hydrogens is 743 g/mol. The molecule has 0 aliphatic carbocycles. The summed E-state index contributed by atoms with van der Waals surface area (Å²) in [6, 6.07) is 74.8. The zero-order chi connectivity index (χ0) is 40.3. The van der Waals surface area contributed by atoms with Crippen molar-refractivity contribution in [2.45, 2.75) is 0 Å². The molecule has 0 aliphatic heterocycles. The number of rotatable bonds is 6. The van der Waals surface area contributed by atoms with Crippen LogP contribution in [0.2, 0.25) is 0 Å². The SMILES string of the molecule is c1ccc(-c2ccc3ccc(-c4ccc(-c5nc(-c6ccc(-c7cccc8ccccc78)c7ccccc67)nc(-c6cccc7c6oc6ccccc67)n5)cc4)cc3c2)cc1. The number of furan rings is 1.